The molecule has 1 heterocycles. The lowest BCUT2D eigenvalue weighted by Crippen LogP contribution is -2.37. The molecule has 0 radical (unpaired) electrons. The molecule has 0 fully saturated rings. The molecule has 1 aliphatic rings. The number of ketones is 1. The molecule has 0 amide bonds. The van der Waals surface area contributed by atoms with Crippen molar-refractivity contribution in [2.75, 3.05) is 6.61 Å². The minimum Gasteiger partial charge on any atom is -0.493 e. The molecule has 2 N–H and O–H groups in total. The number of ether oxygens (including phenoxy) is 1. The van der Waals surface area contributed by atoms with Gasteiger partial charge in [-0.15, -0.1) is 0 Å². The molecule has 4 heteroatoms. The highest BCUT2D eigenvalue weighted by Gasteiger charge is 2.25. The lowest BCUT2D eigenvalue weighted by Gasteiger charge is -2.26. The van der Waals surface area contributed by atoms with Gasteiger partial charge in [-0.2, -0.15) is 0 Å². The summed E-state index contributed by atoms with van der Waals surface area (Å²) in [6, 6.07) is 3.93. The highest BCUT2D eigenvalue weighted by Crippen LogP contribution is 2.33. The SMILES string of the molecule is CC(C)(C)C(N)CC(=O)Cc1cc(Br)cc2c1OCC2. The second-order valence-corrected chi connectivity index (χ2v) is 7.46. The smallest absolute Gasteiger partial charge is 0.138 e. The van der Waals surface area contributed by atoms with Crippen molar-refractivity contribution in [1.82, 2.24) is 0 Å². The Bertz CT molecular complexity index is 520. The second-order valence-electron chi connectivity index (χ2n) is 6.54. The fourth-order valence-electron chi connectivity index (χ4n) is 2.31. The molecule has 0 aromatic heterocycles. The molecule has 0 bridgehead atoms. The number of Topliss-reactive ketones (excluding diaryl/α,β-unsaturated/α-hetero) is 1. The third-order valence-corrected chi connectivity index (χ3v) is 4.23. The lowest BCUT2D eigenvalue weighted by atomic mass is 9.84. The Balaban J connectivity index is 2.09. The second kappa shape index (κ2) is 5.86. The predicted molar refractivity (Wildman–Crippen MR) is 84.1 cm³/mol. The molecular weight excluding hydrogens is 318 g/mol. The molecule has 3 nitrogen and oxygen atoms in total. The summed E-state index contributed by atoms with van der Waals surface area (Å²) in [7, 11) is 0. The highest BCUT2D eigenvalue weighted by atomic mass is 79.9. The van der Waals surface area contributed by atoms with Crippen molar-refractivity contribution in [2.24, 2.45) is 11.1 Å². The van der Waals surface area contributed by atoms with E-state index in [2.05, 4.69) is 42.8 Å². The molecule has 1 aliphatic heterocycles. The van der Waals surface area contributed by atoms with Gasteiger partial charge in [0.25, 0.3) is 0 Å². The van der Waals surface area contributed by atoms with E-state index in [-0.39, 0.29) is 17.2 Å². The molecule has 0 spiro atoms. The maximum absolute atomic E-state index is 12.2. The number of fused-ring (bicyclic) bond motifs is 1. The van der Waals surface area contributed by atoms with E-state index in [1.165, 1.54) is 5.56 Å². The molecule has 20 heavy (non-hydrogen) atoms. The summed E-state index contributed by atoms with van der Waals surface area (Å²) in [5, 5.41) is 0. The largest absolute Gasteiger partial charge is 0.493 e. The van der Waals surface area contributed by atoms with Gasteiger partial charge in [0.2, 0.25) is 0 Å². The minimum absolute atomic E-state index is 0.0502. The van der Waals surface area contributed by atoms with Crippen LogP contribution < -0.4 is 10.5 Å². The maximum atomic E-state index is 12.2. The highest BCUT2D eigenvalue weighted by molar-refractivity contribution is 9.10. The number of hydrogen-bond acceptors (Lipinski definition) is 3. The summed E-state index contributed by atoms with van der Waals surface area (Å²) in [6.45, 7) is 6.88. The summed E-state index contributed by atoms with van der Waals surface area (Å²) >= 11 is 3.50. The molecule has 1 unspecified atom stereocenters. The van der Waals surface area contributed by atoms with Gasteiger partial charge in [-0.05, 0) is 23.1 Å². The van der Waals surface area contributed by atoms with Crippen molar-refractivity contribution in [3.05, 3.63) is 27.7 Å². The normalized spacial score (nSPS) is 15.7. The number of benzene rings is 1. The number of halogens is 1. The van der Waals surface area contributed by atoms with Crippen LogP contribution in [0, 0.1) is 5.41 Å². The van der Waals surface area contributed by atoms with E-state index >= 15 is 0 Å². The van der Waals surface area contributed by atoms with Crippen molar-refractivity contribution < 1.29 is 9.53 Å². The number of hydrogen-bond donors (Lipinski definition) is 1. The molecule has 0 saturated carbocycles. The molecule has 0 aliphatic carbocycles. The topological polar surface area (TPSA) is 52.3 Å². The van der Waals surface area contributed by atoms with E-state index in [9.17, 15) is 4.79 Å². The van der Waals surface area contributed by atoms with Crippen molar-refractivity contribution >= 4 is 21.7 Å². The van der Waals surface area contributed by atoms with Crippen LogP contribution in [0.25, 0.3) is 0 Å². The first kappa shape index (κ1) is 15.5. The number of nitrogens with two attached hydrogens (primary N) is 1. The minimum atomic E-state index is -0.115. The van der Waals surface area contributed by atoms with Crippen LogP contribution in [0.4, 0.5) is 0 Å². The van der Waals surface area contributed by atoms with Gasteiger partial charge in [-0.1, -0.05) is 36.7 Å². The summed E-state index contributed by atoms with van der Waals surface area (Å²) in [5.41, 5.74) is 8.19. The summed E-state index contributed by atoms with van der Waals surface area (Å²) in [5.74, 6) is 1.06. The standard InChI is InChI=1S/C16H22BrNO2/c1-16(2,3)14(18)9-13(19)8-11-7-12(17)6-10-4-5-20-15(10)11/h6-7,14H,4-5,8-9,18H2,1-3H3. The van der Waals surface area contributed by atoms with Crippen LogP contribution in [-0.4, -0.2) is 18.4 Å². The van der Waals surface area contributed by atoms with E-state index in [1.54, 1.807) is 0 Å². The fraction of sp³-hybridized carbons (Fsp3) is 0.562. The first-order chi connectivity index (χ1) is 9.27. The number of carbonyl (C=O) groups is 1. The Morgan fingerprint density at radius 3 is 2.80 bits per heavy atom. The third kappa shape index (κ3) is 3.61. The van der Waals surface area contributed by atoms with Crippen LogP contribution >= 0.6 is 15.9 Å². The van der Waals surface area contributed by atoms with Crippen LogP contribution in [-0.2, 0) is 17.6 Å². The first-order valence-electron chi connectivity index (χ1n) is 6.99. The van der Waals surface area contributed by atoms with Gasteiger partial charge in [0.1, 0.15) is 11.5 Å². The number of carbonyl (C=O) groups excluding carboxylic acids is 1. The average Bonchev–Trinajstić information content (AvgIpc) is 2.75. The maximum Gasteiger partial charge on any atom is 0.138 e. The number of rotatable bonds is 4. The van der Waals surface area contributed by atoms with Gasteiger partial charge in [0.15, 0.2) is 0 Å². The predicted octanol–water partition coefficient (Wildman–Crippen LogP) is 3.26. The zero-order valence-corrected chi connectivity index (χ0v) is 13.9. The molecule has 1 atom stereocenters. The Kier molecular flexibility index (Phi) is 4.55. The van der Waals surface area contributed by atoms with Gasteiger partial charge in [-0.3, -0.25) is 4.79 Å². The van der Waals surface area contributed by atoms with Gasteiger partial charge in [-0.25, -0.2) is 0 Å². The van der Waals surface area contributed by atoms with Crippen molar-refractivity contribution in [3.63, 3.8) is 0 Å². The van der Waals surface area contributed by atoms with Crippen LogP contribution in [0.3, 0.4) is 0 Å². The zero-order chi connectivity index (χ0) is 14.9. The Labute approximate surface area is 129 Å². The van der Waals surface area contributed by atoms with E-state index in [0.717, 1.165) is 22.2 Å². The molecule has 110 valence electrons. The van der Waals surface area contributed by atoms with Crippen LogP contribution in [0.15, 0.2) is 16.6 Å². The lowest BCUT2D eigenvalue weighted by molar-refractivity contribution is -0.119. The first-order valence-corrected chi connectivity index (χ1v) is 7.78. The monoisotopic (exact) mass is 339 g/mol. The van der Waals surface area contributed by atoms with Crippen LogP contribution in [0.5, 0.6) is 5.75 Å². The molecule has 2 rings (SSSR count). The quantitative estimate of drug-likeness (QED) is 0.915. The van der Waals surface area contributed by atoms with Crippen LogP contribution in [0.1, 0.15) is 38.3 Å². The fourth-order valence-corrected chi connectivity index (χ4v) is 2.87. The van der Waals surface area contributed by atoms with Crippen LogP contribution in [0.2, 0.25) is 0 Å². The Morgan fingerprint density at radius 2 is 2.15 bits per heavy atom. The molecule has 1 aromatic carbocycles. The molecular formula is C16H22BrNO2. The van der Waals surface area contributed by atoms with E-state index in [0.29, 0.717) is 19.4 Å². The molecule has 0 saturated heterocycles. The van der Waals surface area contributed by atoms with Crippen molar-refractivity contribution in [2.45, 2.75) is 46.1 Å². The van der Waals surface area contributed by atoms with E-state index < -0.39 is 0 Å². The van der Waals surface area contributed by atoms with Gasteiger partial charge >= 0.3 is 0 Å². The summed E-state index contributed by atoms with van der Waals surface area (Å²) in [6.07, 6.45) is 1.72. The summed E-state index contributed by atoms with van der Waals surface area (Å²) in [4.78, 5) is 12.2. The van der Waals surface area contributed by atoms with Gasteiger partial charge < -0.3 is 10.5 Å². The average molecular weight is 340 g/mol. The Hall–Kier alpha value is -0.870. The zero-order valence-electron chi connectivity index (χ0n) is 12.3. The van der Waals surface area contributed by atoms with Crippen molar-refractivity contribution in [1.29, 1.82) is 0 Å². The Morgan fingerprint density at radius 1 is 1.45 bits per heavy atom. The van der Waals surface area contributed by atoms with Gasteiger partial charge in [0.05, 0.1) is 6.61 Å². The van der Waals surface area contributed by atoms with E-state index in [1.807, 2.05) is 6.07 Å². The summed E-state index contributed by atoms with van der Waals surface area (Å²) < 4.78 is 6.66. The third-order valence-electron chi connectivity index (χ3n) is 3.77. The van der Waals surface area contributed by atoms with Crippen molar-refractivity contribution in [3.8, 4) is 5.75 Å². The van der Waals surface area contributed by atoms with E-state index in [4.69, 9.17) is 10.5 Å². The molecule has 1 aromatic rings. The van der Waals surface area contributed by atoms with Gasteiger partial charge in [0, 0.05) is 35.3 Å².